The number of alkyl halides is 6. The highest BCUT2D eigenvalue weighted by molar-refractivity contribution is 5.74. The van der Waals surface area contributed by atoms with Crippen LogP contribution in [-0.4, -0.2) is 39.3 Å². The molecule has 35 heavy (non-hydrogen) atoms. The van der Waals surface area contributed by atoms with Crippen molar-refractivity contribution in [2.24, 2.45) is 5.92 Å². The molecule has 11 heteroatoms. The first kappa shape index (κ1) is 26.8. The van der Waals surface area contributed by atoms with Crippen molar-refractivity contribution in [1.29, 1.82) is 0 Å². The quantitative estimate of drug-likeness (QED) is 0.445. The molecule has 5 nitrogen and oxygen atoms in total. The van der Waals surface area contributed by atoms with Gasteiger partial charge in [0, 0.05) is 19.2 Å². The second-order valence-electron chi connectivity index (χ2n) is 8.33. The Labute approximate surface area is 199 Å². The topological polar surface area (TPSA) is 62.4 Å². The molecule has 0 aliphatic carbocycles. The molecule has 3 rings (SSSR count). The molecule has 3 N–H and O–H groups in total. The summed E-state index contributed by atoms with van der Waals surface area (Å²) in [6.45, 7) is 1.34. The van der Waals surface area contributed by atoms with Crippen molar-refractivity contribution in [2.75, 3.05) is 33.3 Å². The Morgan fingerprint density at radius 1 is 1.03 bits per heavy atom. The molecule has 0 spiro atoms. The van der Waals surface area contributed by atoms with Gasteiger partial charge in [-0.05, 0) is 55.1 Å². The van der Waals surface area contributed by atoms with Crippen LogP contribution in [0, 0.1) is 5.92 Å². The van der Waals surface area contributed by atoms with Crippen molar-refractivity contribution in [1.82, 2.24) is 16.0 Å². The van der Waals surface area contributed by atoms with Gasteiger partial charge in [0.2, 0.25) is 0 Å². The molecule has 0 aromatic heterocycles. The minimum atomic E-state index is -5.06. The molecule has 1 aliphatic rings. The summed E-state index contributed by atoms with van der Waals surface area (Å²) in [5.74, 6) is 0.103. The summed E-state index contributed by atoms with van der Waals surface area (Å²) in [4.78, 5) is 11.7. The molecule has 1 unspecified atom stereocenters. The van der Waals surface area contributed by atoms with Gasteiger partial charge in [-0.2, -0.15) is 26.3 Å². The van der Waals surface area contributed by atoms with Crippen LogP contribution >= 0.6 is 0 Å². The summed E-state index contributed by atoms with van der Waals surface area (Å²) in [6.07, 6.45) is -9.80. The van der Waals surface area contributed by atoms with Crippen LogP contribution in [0.5, 0.6) is 0 Å². The number of carbonyl (C=O) groups excluding carboxylic acids is 1. The first-order valence-corrected chi connectivity index (χ1v) is 11.2. The van der Waals surface area contributed by atoms with E-state index in [1.165, 1.54) is 37.4 Å². The number of carbonyl (C=O) groups is 1. The van der Waals surface area contributed by atoms with E-state index in [1.54, 1.807) is 0 Å². The highest BCUT2D eigenvalue weighted by Crippen LogP contribution is 2.46. The molecule has 0 saturated carbocycles. The van der Waals surface area contributed by atoms with E-state index in [-0.39, 0.29) is 30.2 Å². The van der Waals surface area contributed by atoms with Crippen LogP contribution in [0.25, 0.3) is 11.1 Å². The van der Waals surface area contributed by atoms with Crippen molar-refractivity contribution in [3.8, 4) is 11.1 Å². The van der Waals surface area contributed by atoms with Crippen LogP contribution in [0.3, 0.4) is 0 Å². The zero-order valence-electron chi connectivity index (χ0n) is 19.0. The van der Waals surface area contributed by atoms with Crippen LogP contribution in [-0.2, 0) is 17.1 Å². The third kappa shape index (κ3) is 7.11. The van der Waals surface area contributed by atoms with Crippen LogP contribution in [0.2, 0.25) is 0 Å². The zero-order valence-corrected chi connectivity index (χ0v) is 19.0. The number of hydrogen-bond acceptors (Lipinski definition) is 3. The average molecular weight is 503 g/mol. The van der Waals surface area contributed by atoms with Crippen molar-refractivity contribution >= 4 is 6.03 Å². The number of piperidine rings is 1. The summed E-state index contributed by atoms with van der Waals surface area (Å²) in [5.41, 5.74) is -4.28. The van der Waals surface area contributed by atoms with Gasteiger partial charge in [-0.15, -0.1) is 0 Å². The van der Waals surface area contributed by atoms with Crippen molar-refractivity contribution in [2.45, 2.75) is 31.3 Å². The molecule has 1 atom stereocenters. The lowest BCUT2D eigenvalue weighted by atomic mass is 9.90. The van der Waals surface area contributed by atoms with E-state index in [4.69, 9.17) is 4.74 Å². The molecule has 1 saturated heterocycles. The van der Waals surface area contributed by atoms with E-state index in [9.17, 15) is 31.1 Å². The molecular formula is C24H27F6N3O2. The minimum Gasteiger partial charge on any atom is -0.371 e. The molecule has 192 valence electrons. The fraction of sp³-hybridized carbons (Fsp3) is 0.458. The van der Waals surface area contributed by atoms with E-state index in [2.05, 4.69) is 16.0 Å². The van der Waals surface area contributed by atoms with E-state index in [0.29, 0.717) is 12.1 Å². The van der Waals surface area contributed by atoms with Gasteiger partial charge in [-0.25, -0.2) is 4.79 Å². The lowest BCUT2D eigenvalue weighted by Gasteiger charge is -2.27. The molecule has 0 bridgehead atoms. The number of benzene rings is 2. The number of amides is 2. The SMILES string of the molecule is CNC(=O)NCC(OCC1CCNCC1)c1cc(C(F)(F)F)c(-c2ccccc2)c(C(F)(F)F)c1. The number of urea groups is 1. The van der Waals surface area contributed by atoms with E-state index in [0.717, 1.165) is 25.9 Å². The third-order valence-corrected chi connectivity index (χ3v) is 5.87. The second-order valence-corrected chi connectivity index (χ2v) is 8.33. The highest BCUT2D eigenvalue weighted by Gasteiger charge is 2.42. The first-order chi connectivity index (χ1) is 16.5. The normalized spacial score (nSPS) is 16.1. The van der Waals surface area contributed by atoms with Crippen molar-refractivity contribution in [3.05, 3.63) is 59.2 Å². The summed E-state index contributed by atoms with van der Waals surface area (Å²) >= 11 is 0. The summed E-state index contributed by atoms with van der Waals surface area (Å²) in [6, 6.07) is 7.42. The number of ether oxygens (including phenoxy) is 1. The van der Waals surface area contributed by atoms with Gasteiger partial charge in [0.15, 0.2) is 0 Å². The van der Waals surface area contributed by atoms with Crippen LogP contribution in [0.15, 0.2) is 42.5 Å². The lowest BCUT2D eigenvalue weighted by molar-refractivity contribution is -0.142. The van der Waals surface area contributed by atoms with Crippen LogP contribution in [0.1, 0.15) is 35.6 Å². The molecule has 1 heterocycles. The molecular weight excluding hydrogens is 476 g/mol. The van der Waals surface area contributed by atoms with Gasteiger partial charge in [0.25, 0.3) is 0 Å². The number of nitrogens with one attached hydrogen (secondary N) is 3. The molecule has 0 radical (unpaired) electrons. The Kier molecular flexibility index (Phi) is 8.65. The summed E-state index contributed by atoms with van der Waals surface area (Å²) in [5, 5.41) is 7.92. The standard InChI is InChI=1S/C24H27F6N3O2/c1-31-22(34)33-13-20(35-14-15-7-9-32-10-8-15)17-11-18(23(25,26)27)21(16-5-3-2-4-6-16)19(12-17)24(28,29)30/h2-6,11-12,15,20,32H,7-10,13-14H2,1H3,(H2,31,33,34). The maximum atomic E-state index is 14.1. The van der Waals surface area contributed by atoms with E-state index in [1.807, 2.05) is 0 Å². The Morgan fingerprint density at radius 3 is 2.11 bits per heavy atom. The smallest absolute Gasteiger partial charge is 0.371 e. The monoisotopic (exact) mass is 503 g/mol. The van der Waals surface area contributed by atoms with Crippen LogP contribution in [0.4, 0.5) is 31.1 Å². The fourth-order valence-electron chi connectivity index (χ4n) is 4.06. The van der Waals surface area contributed by atoms with E-state index >= 15 is 0 Å². The van der Waals surface area contributed by atoms with Gasteiger partial charge in [-0.1, -0.05) is 30.3 Å². The number of rotatable bonds is 7. The molecule has 1 fully saturated rings. The Bertz CT molecular complexity index is 954. The first-order valence-electron chi connectivity index (χ1n) is 11.2. The molecule has 1 aliphatic heterocycles. The predicted octanol–water partition coefficient (Wildman–Crippen LogP) is 5.38. The summed E-state index contributed by atoms with van der Waals surface area (Å²) in [7, 11) is 1.35. The molecule has 2 amide bonds. The Morgan fingerprint density at radius 2 is 1.60 bits per heavy atom. The molecule has 2 aromatic carbocycles. The summed E-state index contributed by atoms with van der Waals surface area (Å²) < 4.78 is 90.4. The van der Waals surface area contributed by atoms with Gasteiger partial charge in [0.05, 0.1) is 23.8 Å². The second kappa shape index (κ2) is 11.3. The van der Waals surface area contributed by atoms with Gasteiger partial charge in [0.1, 0.15) is 0 Å². The van der Waals surface area contributed by atoms with Gasteiger partial charge in [-0.3, -0.25) is 0 Å². The average Bonchev–Trinajstić information content (AvgIpc) is 2.83. The van der Waals surface area contributed by atoms with E-state index < -0.39 is 41.2 Å². The number of halogens is 6. The Hall–Kier alpha value is -2.79. The number of hydrogen-bond donors (Lipinski definition) is 3. The van der Waals surface area contributed by atoms with Crippen LogP contribution < -0.4 is 16.0 Å². The zero-order chi connectivity index (χ0) is 25.6. The maximum Gasteiger partial charge on any atom is 0.417 e. The maximum absolute atomic E-state index is 14.1. The van der Waals surface area contributed by atoms with Crippen molar-refractivity contribution < 1.29 is 35.9 Å². The molecule has 2 aromatic rings. The van der Waals surface area contributed by atoms with Gasteiger partial charge < -0.3 is 20.7 Å². The minimum absolute atomic E-state index is 0.103. The van der Waals surface area contributed by atoms with Crippen molar-refractivity contribution in [3.63, 3.8) is 0 Å². The highest BCUT2D eigenvalue weighted by atomic mass is 19.4. The Balaban J connectivity index is 2.09. The largest absolute Gasteiger partial charge is 0.417 e. The predicted molar refractivity (Wildman–Crippen MR) is 119 cm³/mol. The van der Waals surface area contributed by atoms with Gasteiger partial charge >= 0.3 is 18.4 Å². The lowest BCUT2D eigenvalue weighted by Crippen LogP contribution is -2.37. The third-order valence-electron chi connectivity index (χ3n) is 5.87. The fourth-order valence-corrected chi connectivity index (χ4v) is 4.06.